The summed E-state index contributed by atoms with van der Waals surface area (Å²) in [7, 11) is 4.35. The second kappa shape index (κ2) is 9.32. The van der Waals surface area contributed by atoms with Gasteiger partial charge in [-0.05, 0) is 59.8 Å². The second-order valence-electron chi connectivity index (χ2n) is 5.68. The molecule has 19 heavy (non-hydrogen) atoms. The summed E-state index contributed by atoms with van der Waals surface area (Å²) in [6.45, 7) is 5.97. The quantitative estimate of drug-likeness (QED) is 0.500. The summed E-state index contributed by atoms with van der Waals surface area (Å²) in [6, 6.07) is 0.716. The van der Waals surface area contributed by atoms with E-state index in [4.69, 9.17) is 4.74 Å². The topological polar surface area (TPSA) is 32.8 Å². The Morgan fingerprint density at radius 2 is 2.11 bits per heavy atom. The van der Waals surface area contributed by atoms with Crippen LogP contribution in [0.4, 0.5) is 0 Å². The van der Waals surface area contributed by atoms with Crippen molar-refractivity contribution < 1.29 is 9.53 Å². The Morgan fingerprint density at radius 1 is 1.32 bits per heavy atom. The summed E-state index contributed by atoms with van der Waals surface area (Å²) >= 11 is 0. The van der Waals surface area contributed by atoms with E-state index in [2.05, 4.69) is 23.9 Å². The van der Waals surface area contributed by atoms with Crippen LogP contribution in [-0.4, -0.2) is 62.1 Å². The number of carbonyl (C=O) groups excluding carboxylic acids is 1. The number of likely N-dealkylation sites (tertiary alicyclic amines) is 1. The van der Waals surface area contributed by atoms with E-state index in [1.54, 1.807) is 0 Å². The Bertz CT molecular complexity index is 257. The molecule has 0 aromatic carbocycles. The van der Waals surface area contributed by atoms with E-state index in [9.17, 15) is 4.79 Å². The lowest BCUT2D eigenvalue weighted by atomic mass is 10.0. The van der Waals surface area contributed by atoms with Crippen LogP contribution in [0.15, 0.2) is 0 Å². The van der Waals surface area contributed by atoms with Crippen molar-refractivity contribution in [1.29, 1.82) is 0 Å². The standard InChI is InChI=1S/C15H30N2O2/c1-4-19-15(18)10-6-5-7-11-17-12-8-9-14(13-17)16(2)3/h14H,4-13H2,1-3H3. The number of hydrogen-bond acceptors (Lipinski definition) is 4. The Kier molecular flexibility index (Phi) is 8.07. The molecule has 0 aromatic heterocycles. The molecule has 4 nitrogen and oxygen atoms in total. The smallest absolute Gasteiger partial charge is 0.305 e. The van der Waals surface area contributed by atoms with E-state index in [-0.39, 0.29) is 5.97 Å². The number of nitrogens with zero attached hydrogens (tertiary/aromatic N) is 2. The van der Waals surface area contributed by atoms with Gasteiger partial charge in [0.25, 0.3) is 0 Å². The highest BCUT2D eigenvalue weighted by Crippen LogP contribution is 2.14. The van der Waals surface area contributed by atoms with Crippen molar-refractivity contribution in [2.45, 2.75) is 51.5 Å². The lowest BCUT2D eigenvalue weighted by Gasteiger charge is -2.36. The molecule has 0 aliphatic carbocycles. The summed E-state index contributed by atoms with van der Waals surface area (Å²) in [4.78, 5) is 16.1. The molecule has 0 amide bonds. The molecule has 4 heteroatoms. The first-order valence-corrected chi connectivity index (χ1v) is 7.68. The molecule has 1 saturated heterocycles. The fourth-order valence-electron chi connectivity index (χ4n) is 2.67. The molecule has 0 spiro atoms. The van der Waals surface area contributed by atoms with Crippen LogP contribution >= 0.6 is 0 Å². The van der Waals surface area contributed by atoms with Gasteiger partial charge in [0.05, 0.1) is 6.61 Å². The van der Waals surface area contributed by atoms with Gasteiger partial charge in [0.1, 0.15) is 0 Å². The zero-order valence-corrected chi connectivity index (χ0v) is 12.9. The van der Waals surface area contributed by atoms with Crippen LogP contribution in [0.25, 0.3) is 0 Å². The summed E-state index contributed by atoms with van der Waals surface area (Å²) in [5.74, 6) is -0.0480. The summed E-state index contributed by atoms with van der Waals surface area (Å²) in [6.07, 6.45) is 6.50. The average molecular weight is 270 g/mol. The van der Waals surface area contributed by atoms with Crippen molar-refractivity contribution in [2.75, 3.05) is 40.3 Å². The molecule has 112 valence electrons. The second-order valence-corrected chi connectivity index (χ2v) is 5.68. The van der Waals surface area contributed by atoms with Gasteiger partial charge in [0, 0.05) is 19.0 Å². The van der Waals surface area contributed by atoms with Gasteiger partial charge in [0.2, 0.25) is 0 Å². The average Bonchev–Trinajstić information content (AvgIpc) is 2.39. The fraction of sp³-hybridized carbons (Fsp3) is 0.933. The predicted octanol–water partition coefficient (Wildman–Crippen LogP) is 2.14. The molecule has 1 aliphatic heterocycles. The first-order valence-electron chi connectivity index (χ1n) is 7.68. The highest BCUT2D eigenvalue weighted by atomic mass is 16.5. The Labute approximate surface area is 118 Å². The molecule has 0 saturated carbocycles. The van der Waals surface area contributed by atoms with Gasteiger partial charge < -0.3 is 14.5 Å². The molecular weight excluding hydrogens is 240 g/mol. The maximum atomic E-state index is 11.2. The molecule has 1 heterocycles. The highest BCUT2D eigenvalue weighted by molar-refractivity contribution is 5.69. The van der Waals surface area contributed by atoms with Crippen LogP contribution in [0, 0.1) is 0 Å². The van der Waals surface area contributed by atoms with Gasteiger partial charge >= 0.3 is 5.97 Å². The number of ether oxygens (including phenoxy) is 1. The first kappa shape index (κ1) is 16.4. The van der Waals surface area contributed by atoms with Gasteiger partial charge in [0.15, 0.2) is 0 Å². The number of likely N-dealkylation sites (N-methyl/N-ethyl adjacent to an activating group) is 1. The minimum atomic E-state index is -0.0480. The van der Waals surface area contributed by atoms with Crippen molar-refractivity contribution in [3.63, 3.8) is 0 Å². The van der Waals surface area contributed by atoms with Crippen LogP contribution in [0.2, 0.25) is 0 Å². The third kappa shape index (κ3) is 6.92. The first-order chi connectivity index (χ1) is 9.13. The number of unbranched alkanes of at least 4 members (excludes halogenated alkanes) is 2. The van der Waals surface area contributed by atoms with Gasteiger partial charge in [-0.3, -0.25) is 4.79 Å². The number of rotatable bonds is 8. The van der Waals surface area contributed by atoms with E-state index >= 15 is 0 Å². The van der Waals surface area contributed by atoms with Gasteiger partial charge in [-0.1, -0.05) is 6.42 Å². The van der Waals surface area contributed by atoms with Crippen LogP contribution in [0.3, 0.4) is 0 Å². The lowest BCUT2D eigenvalue weighted by Crippen LogP contribution is -2.45. The van der Waals surface area contributed by atoms with Crippen molar-refractivity contribution in [1.82, 2.24) is 9.80 Å². The number of carbonyl (C=O) groups is 1. The molecule has 1 aliphatic rings. The number of hydrogen-bond donors (Lipinski definition) is 0. The Morgan fingerprint density at radius 3 is 2.79 bits per heavy atom. The van der Waals surface area contributed by atoms with Crippen molar-refractivity contribution in [3.8, 4) is 0 Å². The maximum Gasteiger partial charge on any atom is 0.305 e. The normalized spacial score (nSPS) is 20.7. The largest absolute Gasteiger partial charge is 0.466 e. The van der Waals surface area contributed by atoms with Crippen LogP contribution < -0.4 is 0 Å². The molecular formula is C15H30N2O2. The monoisotopic (exact) mass is 270 g/mol. The van der Waals surface area contributed by atoms with Crippen LogP contribution in [0.1, 0.15) is 45.4 Å². The van der Waals surface area contributed by atoms with Crippen molar-refractivity contribution in [3.05, 3.63) is 0 Å². The summed E-state index contributed by atoms with van der Waals surface area (Å²) < 4.78 is 4.92. The predicted molar refractivity (Wildman–Crippen MR) is 78.3 cm³/mol. The van der Waals surface area contributed by atoms with Crippen LogP contribution in [0.5, 0.6) is 0 Å². The SMILES string of the molecule is CCOC(=O)CCCCCN1CCCC(N(C)C)C1. The van der Waals surface area contributed by atoms with Crippen LogP contribution in [-0.2, 0) is 9.53 Å². The van der Waals surface area contributed by atoms with E-state index < -0.39 is 0 Å². The van der Waals surface area contributed by atoms with Crippen molar-refractivity contribution >= 4 is 5.97 Å². The van der Waals surface area contributed by atoms with E-state index in [1.807, 2.05) is 6.92 Å². The summed E-state index contributed by atoms with van der Waals surface area (Å²) in [5.41, 5.74) is 0. The molecule has 1 rings (SSSR count). The minimum Gasteiger partial charge on any atom is -0.466 e. The Hall–Kier alpha value is -0.610. The van der Waals surface area contributed by atoms with E-state index in [0.29, 0.717) is 19.1 Å². The molecule has 0 aromatic rings. The third-order valence-electron chi connectivity index (χ3n) is 3.87. The number of piperidine rings is 1. The number of esters is 1. The zero-order valence-electron chi connectivity index (χ0n) is 12.9. The van der Waals surface area contributed by atoms with Crippen molar-refractivity contribution in [2.24, 2.45) is 0 Å². The Balaban J connectivity index is 2.04. The highest BCUT2D eigenvalue weighted by Gasteiger charge is 2.20. The molecule has 1 fully saturated rings. The minimum absolute atomic E-state index is 0.0480. The molecule has 0 N–H and O–H groups in total. The molecule has 0 bridgehead atoms. The summed E-state index contributed by atoms with van der Waals surface area (Å²) in [5, 5.41) is 0. The molecule has 1 unspecified atom stereocenters. The fourth-order valence-corrected chi connectivity index (χ4v) is 2.67. The molecule has 1 atom stereocenters. The van der Waals surface area contributed by atoms with E-state index in [0.717, 1.165) is 12.8 Å². The van der Waals surface area contributed by atoms with Gasteiger partial charge in [-0.25, -0.2) is 0 Å². The lowest BCUT2D eigenvalue weighted by molar-refractivity contribution is -0.143. The molecule has 0 radical (unpaired) electrons. The van der Waals surface area contributed by atoms with Gasteiger partial charge in [-0.15, -0.1) is 0 Å². The third-order valence-corrected chi connectivity index (χ3v) is 3.87. The van der Waals surface area contributed by atoms with Gasteiger partial charge in [-0.2, -0.15) is 0 Å². The maximum absolute atomic E-state index is 11.2. The zero-order chi connectivity index (χ0) is 14.1. The van der Waals surface area contributed by atoms with E-state index in [1.165, 1.54) is 38.9 Å².